The summed E-state index contributed by atoms with van der Waals surface area (Å²) in [6.07, 6.45) is 2.33. The highest BCUT2D eigenvalue weighted by atomic mass is 14.9. The van der Waals surface area contributed by atoms with Gasteiger partial charge < -0.3 is 4.98 Å². The van der Waals surface area contributed by atoms with Crippen LogP contribution in [0.1, 0.15) is 30.3 Å². The number of aromatic nitrogens is 2. The van der Waals surface area contributed by atoms with Gasteiger partial charge >= 0.3 is 0 Å². The number of benzene rings is 2. The number of rotatable bonds is 3. The topological polar surface area (TPSA) is 28.7 Å². The standard InChI is InChI=1S/C18H20N2/c1-4-5-14-10-15(7-6-12(14)2)16-8-9-17-18(11-16)20-13(3)19-17/h6-11H,4-5H2,1-3H3,(H,19,20). The molecular weight excluding hydrogens is 244 g/mol. The molecule has 102 valence electrons. The van der Waals surface area contributed by atoms with E-state index >= 15 is 0 Å². The van der Waals surface area contributed by atoms with Crippen LogP contribution in [0.4, 0.5) is 0 Å². The van der Waals surface area contributed by atoms with E-state index in [1.54, 1.807) is 0 Å². The lowest BCUT2D eigenvalue weighted by Gasteiger charge is -2.08. The quantitative estimate of drug-likeness (QED) is 0.723. The molecule has 0 aliphatic rings. The lowest BCUT2D eigenvalue weighted by Crippen LogP contribution is -1.90. The number of imidazole rings is 1. The van der Waals surface area contributed by atoms with Crippen LogP contribution in [-0.2, 0) is 6.42 Å². The van der Waals surface area contributed by atoms with E-state index in [0.717, 1.165) is 23.3 Å². The molecule has 0 fully saturated rings. The van der Waals surface area contributed by atoms with Crippen LogP contribution in [0, 0.1) is 13.8 Å². The SMILES string of the molecule is CCCc1cc(-c2ccc3nc(C)[nH]c3c2)ccc1C. The van der Waals surface area contributed by atoms with Crippen LogP contribution in [0.5, 0.6) is 0 Å². The summed E-state index contributed by atoms with van der Waals surface area (Å²) in [4.78, 5) is 7.76. The number of aryl methyl sites for hydroxylation is 3. The molecule has 1 heterocycles. The molecule has 0 amide bonds. The number of hydrogen-bond acceptors (Lipinski definition) is 1. The third kappa shape index (κ3) is 2.34. The van der Waals surface area contributed by atoms with Gasteiger partial charge in [-0.25, -0.2) is 4.98 Å². The van der Waals surface area contributed by atoms with Gasteiger partial charge in [-0.15, -0.1) is 0 Å². The van der Waals surface area contributed by atoms with Crippen molar-refractivity contribution in [2.24, 2.45) is 0 Å². The van der Waals surface area contributed by atoms with E-state index in [1.807, 2.05) is 6.92 Å². The summed E-state index contributed by atoms with van der Waals surface area (Å²) >= 11 is 0. The molecule has 1 aromatic heterocycles. The van der Waals surface area contributed by atoms with Crippen LogP contribution in [0.2, 0.25) is 0 Å². The number of H-pyrrole nitrogens is 1. The lowest BCUT2D eigenvalue weighted by molar-refractivity contribution is 0.913. The molecule has 2 nitrogen and oxygen atoms in total. The van der Waals surface area contributed by atoms with Gasteiger partial charge in [0, 0.05) is 0 Å². The molecule has 0 bridgehead atoms. The third-order valence-electron chi connectivity index (χ3n) is 3.80. The van der Waals surface area contributed by atoms with Crippen LogP contribution < -0.4 is 0 Å². The van der Waals surface area contributed by atoms with Crippen LogP contribution in [0.15, 0.2) is 36.4 Å². The largest absolute Gasteiger partial charge is 0.342 e. The highest BCUT2D eigenvalue weighted by molar-refractivity contribution is 5.82. The summed E-state index contributed by atoms with van der Waals surface area (Å²) in [6, 6.07) is 13.2. The smallest absolute Gasteiger partial charge is 0.104 e. The van der Waals surface area contributed by atoms with E-state index in [0.29, 0.717) is 0 Å². The van der Waals surface area contributed by atoms with Crippen molar-refractivity contribution >= 4 is 11.0 Å². The van der Waals surface area contributed by atoms with Gasteiger partial charge in [-0.3, -0.25) is 0 Å². The summed E-state index contributed by atoms with van der Waals surface area (Å²) in [5.41, 5.74) is 7.51. The summed E-state index contributed by atoms with van der Waals surface area (Å²) in [6.45, 7) is 6.41. The first kappa shape index (κ1) is 12.9. The Morgan fingerprint density at radius 2 is 1.75 bits per heavy atom. The number of nitrogens with zero attached hydrogens (tertiary/aromatic N) is 1. The maximum atomic E-state index is 4.45. The van der Waals surface area contributed by atoms with Gasteiger partial charge in [0.1, 0.15) is 5.82 Å². The molecule has 0 atom stereocenters. The Morgan fingerprint density at radius 1 is 1.00 bits per heavy atom. The average molecular weight is 264 g/mol. The number of fused-ring (bicyclic) bond motifs is 1. The number of aromatic amines is 1. The first-order valence-electron chi connectivity index (χ1n) is 7.23. The molecule has 0 aliphatic heterocycles. The van der Waals surface area contributed by atoms with Crippen LogP contribution in [0.25, 0.3) is 22.2 Å². The molecule has 2 heteroatoms. The van der Waals surface area contributed by atoms with Gasteiger partial charge in [0.2, 0.25) is 0 Å². The second-order valence-electron chi connectivity index (χ2n) is 5.45. The van der Waals surface area contributed by atoms with Crippen molar-refractivity contribution in [1.29, 1.82) is 0 Å². The van der Waals surface area contributed by atoms with E-state index in [4.69, 9.17) is 0 Å². The third-order valence-corrected chi connectivity index (χ3v) is 3.80. The average Bonchev–Trinajstić information content (AvgIpc) is 2.80. The summed E-state index contributed by atoms with van der Waals surface area (Å²) in [5, 5.41) is 0. The Kier molecular flexibility index (Phi) is 3.31. The number of hydrogen-bond donors (Lipinski definition) is 1. The fourth-order valence-electron chi connectivity index (χ4n) is 2.71. The van der Waals surface area contributed by atoms with Crippen molar-refractivity contribution in [1.82, 2.24) is 9.97 Å². The zero-order valence-corrected chi connectivity index (χ0v) is 12.3. The predicted molar refractivity (Wildman–Crippen MR) is 85.0 cm³/mol. The minimum Gasteiger partial charge on any atom is -0.342 e. The van der Waals surface area contributed by atoms with E-state index in [9.17, 15) is 0 Å². The zero-order valence-electron chi connectivity index (χ0n) is 12.3. The summed E-state index contributed by atoms with van der Waals surface area (Å²) in [5.74, 6) is 0.965. The highest BCUT2D eigenvalue weighted by Gasteiger charge is 2.05. The maximum Gasteiger partial charge on any atom is 0.104 e. The molecule has 0 saturated heterocycles. The molecule has 0 saturated carbocycles. The molecular formula is C18H20N2. The van der Waals surface area contributed by atoms with Crippen molar-refractivity contribution in [3.05, 3.63) is 53.3 Å². The van der Waals surface area contributed by atoms with E-state index in [1.165, 1.54) is 28.7 Å². The molecule has 0 aliphatic carbocycles. The Morgan fingerprint density at radius 3 is 2.55 bits per heavy atom. The van der Waals surface area contributed by atoms with Crippen molar-refractivity contribution < 1.29 is 0 Å². The molecule has 2 aromatic carbocycles. The van der Waals surface area contributed by atoms with Crippen LogP contribution in [-0.4, -0.2) is 9.97 Å². The monoisotopic (exact) mass is 264 g/mol. The van der Waals surface area contributed by atoms with E-state index < -0.39 is 0 Å². The molecule has 0 unspecified atom stereocenters. The molecule has 0 spiro atoms. The van der Waals surface area contributed by atoms with Crippen molar-refractivity contribution in [3.8, 4) is 11.1 Å². The zero-order chi connectivity index (χ0) is 14.1. The fraction of sp³-hybridized carbons (Fsp3) is 0.278. The summed E-state index contributed by atoms with van der Waals surface area (Å²) in [7, 11) is 0. The summed E-state index contributed by atoms with van der Waals surface area (Å²) < 4.78 is 0. The predicted octanol–water partition coefficient (Wildman–Crippen LogP) is 4.80. The Balaban J connectivity index is 2.07. The van der Waals surface area contributed by atoms with Crippen molar-refractivity contribution in [2.75, 3.05) is 0 Å². The van der Waals surface area contributed by atoms with Crippen LogP contribution >= 0.6 is 0 Å². The van der Waals surface area contributed by atoms with Crippen molar-refractivity contribution in [3.63, 3.8) is 0 Å². The fourth-order valence-corrected chi connectivity index (χ4v) is 2.71. The molecule has 1 N–H and O–H groups in total. The Labute approximate surface area is 119 Å². The minimum atomic E-state index is 0.965. The number of nitrogens with one attached hydrogen (secondary N) is 1. The maximum absolute atomic E-state index is 4.45. The van der Waals surface area contributed by atoms with Gasteiger partial charge in [-0.1, -0.05) is 37.6 Å². The van der Waals surface area contributed by atoms with Gasteiger partial charge in [0.05, 0.1) is 11.0 Å². The lowest BCUT2D eigenvalue weighted by atomic mass is 9.97. The minimum absolute atomic E-state index is 0.965. The Hall–Kier alpha value is -2.09. The first-order valence-corrected chi connectivity index (χ1v) is 7.23. The van der Waals surface area contributed by atoms with E-state index in [-0.39, 0.29) is 0 Å². The van der Waals surface area contributed by atoms with Gasteiger partial charge in [0.25, 0.3) is 0 Å². The van der Waals surface area contributed by atoms with Crippen molar-refractivity contribution in [2.45, 2.75) is 33.6 Å². The van der Waals surface area contributed by atoms with Gasteiger partial charge in [0.15, 0.2) is 0 Å². The van der Waals surface area contributed by atoms with E-state index in [2.05, 4.69) is 60.2 Å². The van der Waals surface area contributed by atoms with Gasteiger partial charge in [-0.05, 0) is 54.7 Å². The Bertz CT molecular complexity index is 753. The second-order valence-corrected chi connectivity index (χ2v) is 5.45. The van der Waals surface area contributed by atoms with Crippen LogP contribution in [0.3, 0.4) is 0 Å². The second kappa shape index (κ2) is 5.12. The normalized spacial score (nSPS) is 11.2. The molecule has 0 radical (unpaired) electrons. The molecule has 3 rings (SSSR count). The highest BCUT2D eigenvalue weighted by Crippen LogP contribution is 2.26. The van der Waals surface area contributed by atoms with Gasteiger partial charge in [-0.2, -0.15) is 0 Å². The molecule has 3 aromatic rings. The molecule has 20 heavy (non-hydrogen) atoms. The first-order chi connectivity index (χ1) is 9.67.